The molecule has 0 N–H and O–H groups in total. The zero-order valence-corrected chi connectivity index (χ0v) is 13.2. The molecule has 5 heteroatoms. The molecule has 0 spiro atoms. The van der Waals surface area contributed by atoms with Crippen LogP contribution in [0.15, 0.2) is 36.5 Å². The van der Waals surface area contributed by atoms with E-state index in [2.05, 4.69) is 5.10 Å². The molecule has 0 atom stereocenters. The van der Waals surface area contributed by atoms with E-state index in [0.29, 0.717) is 13.1 Å². The molecule has 5 nitrogen and oxygen atoms in total. The van der Waals surface area contributed by atoms with Crippen molar-refractivity contribution < 1.29 is 9.53 Å². The molecule has 0 fully saturated rings. The Labute approximate surface area is 130 Å². The highest BCUT2D eigenvalue weighted by Gasteiger charge is 2.27. The SMILES string of the molecule is CC(C)(C)OC(=O)N1CCc2nn(-c3ccccc3)cc2C1. The number of para-hydroxylation sites is 1. The molecular weight excluding hydrogens is 278 g/mol. The molecule has 0 aliphatic carbocycles. The van der Waals surface area contributed by atoms with Crippen molar-refractivity contribution in [1.82, 2.24) is 14.7 Å². The highest BCUT2D eigenvalue weighted by molar-refractivity contribution is 5.68. The van der Waals surface area contributed by atoms with Crippen LogP contribution in [0.3, 0.4) is 0 Å². The first kappa shape index (κ1) is 14.6. The van der Waals surface area contributed by atoms with Crippen LogP contribution in [0.5, 0.6) is 0 Å². The lowest BCUT2D eigenvalue weighted by Crippen LogP contribution is -2.39. The summed E-state index contributed by atoms with van der Waals surface area (Å²) in [6, 6.07) is 10.00. The number of carbonyl (C=O) groups is 1. The minimum Gasteiger partial charge on any atom is -0.444 e. The fourth-order valence-electron chi connectivity index (χ4n) is 2.51. The molecule has 2 heterocycles. The van der Waals surface area contributed by atoms with E-state index in [-0.39, 0.29) is 6.09 Å². The van der Waals surface area contributed by atoms with Crippen LogP contribution in [0.2, 0.25) is 0 Å². The summed E-state index contributed by atoms with van der Waals surface area (Å²) in [7, 11) is 0. The van der Waals surface area contributed by atoms with Gasteiger partial charge < -0.3 is 9.64 Å². The predicted molar refractivity (Wildman–Crippen MR) is 83.9 cm³/mol. The predicted octanol–water partition coefficient (Wildman–Crippen LogP) is 3.17. The van der Waals surface area contributed by atoms with Crippen molar-refractivity contribution >= 4 is 6.09 Å². The van der Waals surface area contributed by atoms with Crippen LogP contribution in [-0.2, 0) is 17.7 Å². The van der Waals surface area contributed by atoms with Gasteiger partial charge in [-0.25, -0.2) is 9.48 Å². The van der Waals surface area contributed by atoms with E-state index in [9.17, 15) is 4.79 Å². The Morgan fingerprint density at radius 2 is 1.95 bits per heavy atom. The maximum absolute atomic E-state index is 12.2. The summed E-state index contributed by atoms with van der Waals surface area (Å²) in [5.41, 5.74) is 2.70. The summed E-state index contributed by atoms with van der Waals surface area (Å²) in [4.78, 5) is 13.9. The molecular formula is C17H21N3O2. The third-order valence-electron chi connectivity index (χ3n) is 3.53. The molecule has 0 unspecified atom stereocenters. The largest absolute Gasteiger partial charge is 0.444 e. The van der Waals surface area contributed by atoms with Crippen LogP contribution in [0, 0.1) is 0 Å². The lowest BCUT2D eigenvalue weighted by molar-refractivity contribution is 0.0223. The minimum atomic E-state index is -0.467. The Morgan fingerprint density at radius 1 is 1.23 bits per heavy atom. The van der Waals surface area contributed by atoms with E-state index < -0.39 is 5.60 Å². The molecule has 1 aromatic heterocycles. The van der Waals surface area contributed by atoms with Crippen LogP contribution in [0.4, 0.5) is 4.79 Å². The first-order chi connectivity index (χ1) is 10.4. The lowest BCUT2D eigenvalue weighted by atomic mass is 10.1. The number of benzene rings is 1. The topological polar surface area (TPSA) is 47.4 Å². The zero-order valence-electron chi connectivity index (χ0n) is 13.2. The molecule has 0 saturated heterocycles. The highest BCUT2D eigenvalue weighted by Crippen LogP contribution is 2.21. The van der Waals surface area contributed by atoms with Gasteiger partial charge in [-0.05, 0) is 32.9 Å². The first-order valence-electron chi connectivity index (χ1n) is 7.53. The van der Waals surface area contributed by atoms with Crippen molar-refractivity contribution in [2.45, 2.75) is 39.3 Å². The van der Waals surface area contributed by atoms with E-state index in [0.717, 1.165) is 23.4 Å². The van der Waals surface area contributed by atoms with Gasteiger partial charge in [0, 0.05) is 24.7 Å². The third kappa shape index (κ3) is 3.13. The average Bonchev–Trinajstić information content (AvgIpc) is 2.89. The van der Waals surface area contributed by atoms with Gasteiger partial charge >= 0.3 is 6.09 Å². The van der Waals surface area contributed by atoms with Gasteiger partial charge in [-0.2, -0.15) is 5.10 Å². The first-order valence-corrected chi connectivity index (χ1v) is 7.53. The normalized spacial score (nSPS) is 14.6. The van der Waals surface area contributed by atoms with Crippen LogP contribution < -0.4 is 0 Å². The van der Waals surface area contributed by atoms with Crippen molar-refractivity contribution in [2.24, 2.45) is 0 Å². The van der Waals surface area contributed by atoms with Crippen molar-refractivity contribution in [3.8, 4) is 5.69 Å². The number of ether oxygens (including phenoxy) is 1. The van der Waals surface area contributed by atoms with Gasteiger partial charge in [0.2, 0.25) is 0 Å². The van der Waals surface area contributed by atoms with E-state index >= 15 is 0 Å². The van der Waals surface area contributed by atoms with Gasteiger partial charge in [0.05, 0.1) is 17.9 Å². The number of aromatic nitrogens is 2. The number of nitrogens with zero attached hydrogens (tertiary/aromatic N) is 3. The fraction of sp³-hybridized carbons (Fsp3) is 0.412. The fourth-order valence-corrected chi connectivity index (χ4v) is 2.51. The van der Waals surface area contributed by atoms with Crippen LogP contribution in [-0.4, -0.2) is 32.9 Å². The molecule has 1 amide bonds. The molecule has 3 rings (SSSR count). The van der Waals surface area contributed by atoms with Crippen molar-refractivity contribution in [2.75, 3.05) is 6.54 Å². The summed E-state index contributed by atoms with van der Waals surface area (Å²) in [5.74, 6) is 0. The number of amides is 1. The van der Waals surface area contributed by atoms with Crippen molar-refractivity contribution in [3.63, 3.8) is 0 Å². The number of fused-ring (bicyclic) bond motifs is 1. The van der Waals surface area contributed by atoms with E-state index in [1.807, 2.05) is 62.0 Å². The lowest BCUT2D eigenvalue weighted by Gasteiger charge is -2.29. The Balaban J connectivity index is 1.77. The standard InChI is InChI=1S/C17H21N3O2/c1-17(2,3)22-16(21)19-10-9-15-13(11-19)12-20(18-15)14-7-5-4-6-8-14/h4-8,12H,9-11H2,1-3H3. The average molecular weight is 299 g/mol. The maximum atomic E-state index is 12.2. The highest BCUT2D eigenvalue weighted by atomic mass is 16.6. The van der Waals surface area contributed by atoms with Crippen LogP contribution in [0.1, 0.15) is 32.0 Å². The summed E-state index contributed by atoms with van der Waals surface area (Å²) < 4.78 is 7.32. The zero-order chi connectivity index (χ0) is 15.7. The Kier molecular flexibility index (Phi) is 3.64. The molecule has 1 aliphatic rings. The Hall–Kier alpha value is -2.30. The third-order valence-corrected chi connectivity index (χ3v) is 3.53. The maximum Gasteiger partial charge on any atom is 0.410 e. The van der Waals surface area contributed by atoms with E-state index in [1.54, 1.807) is 4.90 Å². The van der Waals surface area contributed by atoms with Gasteiger partial charge in [0.25, 0.3) is 0 Å². The number of hydrogen-bond acceptors (Lipinski definition) is 3. The van der Waals surface area contributed by atoms with Gasteiger partial charge in [-0.15, -0.1) is 0 Å². The van der Waals surface area contributed by atoms with Crippen molar-refractivity contribution in [1.29, 1.82) is 0 Å². The van der Waals surface area contributed by atoms with Gasteiger partial charge in [0.15, 0.2) is 0 Å². The van der Waals surface area contributed by atoms with Gasteiger partial charge in [0.1, 0.15) is 5.60 Å². The van der Waals surface area contributed by atoms with Gasteiger partial charge in [-0.3, -0.25) is 0 Å². The summed E-state index contributed by atoms with van der Waals surface area (Å²) in [5, 5.41) is 4.63. The smallest absolute Gasteiger partial charge is 0.410 e. The molecule has 22 heavy (non-hydrogen) atoms. The Morgan fingerprint density at radius 3 is 2.64 bits per heavy atom. The molecule has 1 aromatic carbocycles. The second kappa shape index (κ2) is 5.48. The second-order valence-electron chi connectivity index (χ2n) is 6.53. The quantitative estimate of drug-likeness (QED) is 0.812. The van der Waals surface area contributed by atoms with Crippen molar-refractivity contribution in [3.05, 3.63) is 47.8 Å². The van der Waals surface area contributed by atoms with E-state index in [4.69, 9.17) is 4.74 Å². The number of carbonyl (C=O) groups excluding carboxylic acids is 1. The van der Waals surface area contributed by atoms with Crippen LogP contribution >= 0.6 is 0 Å². The summed E-state index contributed by atoms with van der Waals surface area (Å²) in [6.07, 6.45) is 2.50. The molecule has 0 radical (unpaired) electrons. The van der Waals surface area contributed by atoms with Crippen LogP contribution in [0.25, 0.3) is 5.69 Å². The molecule has 0 bridgehead atoms. The number of rotatable bonds is 1. The summed E-state index contributed by atoms with van der Waals surface area (Å²) in [6.45, 7) is 6.85. The Bertz CT molecular complexity index is 671. The monoisotopic (exact) mass is 299 g/mol. The summed E-state index contributed by atoms with van der Waals surface area (Å²) >= 11 is 0. The molecule has 2 aromatic rings. The molecule has 0 saturated carbocycles. The molecule has 1 aliphatic heterocycles. The second-order valence-corrected chi connectivity index (χ2v) is 6.53. The van der Waals surface area contributed by atoms with Gasteiger partial charge in [-0.1, -0.05) is 18.2 Å². The minimum absolute atomic E-state index is 0.259. The number of hydrogen-bond donors (Lipinski definition) is 0. The molecule has 116 valence electrons. The van der Waals surface area contributed by atoms with E-state index in [1.165, 1.54) is 0 Å².